The Morgan fingerprint density at radius 3 is 2.04 bits per heavy atom. The average molecular weight is 333 g/mol. The lowest BCUT2D eigenvalue weighted by Gasteiger charge is -2.03. The molecular formula is C22H36O2. The van der Waals surface area contributed by atoms with E-state index in [2.05, 4.69) is 43.4 Å². The normalized spacial score (nSPS) is 15.0. The molecule has 0 heterocycles. The zero-order valence-corrected chi connectivity index (χ0v) is 15.6. The Kier molecular flexibility index (Phi) is 13.2. The van der Waals surface area contributed by atoms with Crippen molar-refractivity contribution < 1.29 is 9.53 Å². The number of ether oxygens (including phenoxy) is 1. The molecule has 0 spiro atoms. The molecule has 24 heavy (non-hydrogen) atoms. The van der Waals surface area contributed by atoms with Crippen LogP contribution >= 0.6 is 0 Å². The third-order valence-electron chi connectivity index (χ3n) is 4.25. The van der Waals surface area contributed by atoms with Crippen molar-refractivity contribution in [2.75, 3.05) is 6.61 Å². The van der Waals surface area contributed by atoms with Crippen LogP contribution in [0.1, 0.15) is 84.0 Å². The summed E-state index contributed by atoms with van der Waals surface area (Å²) >= 11 is 0. The van der Waals surface area contributed by atoms with E-state index in [0.717, 1.165) is 19.3 Å². The second-order valence-electron chi connectivity index (χ2n) is 6.74. The summed E-state index contributed by atoms with van der Waals surface area (Å²) in [6.07, 6.45) is 27.3. The summed E-state index contributed by atoms with van der Waals surface area (Å²) in [5.41, 5.74) is 0. The van der Waals surface area contributed by atoms with Crippen molar-refractivity contribution in [3.8, 4) is 0 Å². The zero-order valence-electron chi connectivity index (χ0n) is 15.6. The Morgan fingerprint density at radius 2 is 1.42 bits per heavy atom. The van der Waals surface area contributed by atoms with Gasteiger partial charge in [0, 0.05) is 0 Å². The first-order chi connectivity index (χ1) is 11.8. The topological polar surface area (TPSA) is 26.3 Å². The molecule has 0 N–H and O–H groups in total. The van der Waals surface area contributed by atoms with Crippen LogP contribution in [0.5, 0.6) is 0 Å². The van der Waals surface area contributed by atoms with Crippen LogP contribution in [0.2, 0.25) is 0 Å². The summed E-state index contributed by atoms with van der Waals surface area (Å²) in [4.78, 5) is 11.3. The van der Waals surface area contributed by atoms with Crippen LogP contribution in [0.15, 0.2) is 36.5 Å². The largest absolute Gasteiger partial charge is 0.465 e. The van der Waals surface area contributed by atoms with Crippen LogP contribution in [0.4, 0.5) is 0 Å². The summed E-state index contributed by atoms with van der Waals surface area (Å²) in [6, 6.07) is 0. The second kappa shape index (κ2) is 15.2. The number of esters is 1. The van der Waals surface area contributed by atoms with Gasteiger partial charge in [0.2, 0.25) is 0 Å². The van der Waals surface area contributed by atoms with E-state index >= 15 is 0 Å². The van der Waals surface area contributed by atoms with Gasteiger partial charge in [0.25, 0.3) is 0 Å². The molecule has 0 atom stereocenters. The van der Waals surface area contributed by atoms with Gasteiger partial charge >= 0.3 is 5.97 Å². The molecule has 0 radical (unpaired) electrons. The number of hydrogen-bond acceptors (Lipinski definition) is 2. The van der Waals surface area contributed by atoms with Crippen molar-refractivity contribution in [1.82, 2.24) is 0 Å². The van der Waals surface area contributed by atoms with E-state index in [4.69, 9.17) is 4.74 Å². The quantitative estimate of drug-likeness (QED) is 0.194. The van der Waals surface area contributed by atoms with Crippen molar-refractivity contribution in [2.45, 2.75) is 84.0 Å². The molecule has 0 amide bonds. The van der Waals surface area contributed by atoms with Crippen molar-refractivity contribution in [3.05, 3.63) is 36.5 Å². The summed E-state index contributed by atoms with van der Waals surface area (Å²) in [5, 5.41) is 0. The molecule has 1 rings (SSSR count). The molecule has 2 nitrogen and oxygen atoms in total. The second-order valence-corrected chi connectivity index (χ2v) is 6.74. The van der Waals surface area contributed by atoms with Gasteiger partial charge in [0.05, 0.1) is 12.5 Å². The highest BCUT2D eigenvalue weighted by Gasteiger charge is 2.30. The summed E-state index contributed by atoms with van der Waals surface area (Å²) in [7, 11) is 0. The zero-order chi connectivity index (χ0) is 17.3. The minimum Gasteiger partial charge on any atom is -0.465 e. The van der Waals surface area contributed by atoms with Gasteiger partial charge in [-0.1, -0.05) is 81.9 Å². The van der Waals surface area contributed by atoms with Gasteiger partial charge in [0.15, 0.2) is 0 Å². The van der Waals surface area contributed by atoms with E-state index in [1.807, 2.05) is 0 Å². The smallest absolute Gasteiger partial charge is 0.308 e. The fraction of sp³-hybridized carbons (Fsp3) is 0.682. The Labute approximate surface area is 149 Å². The molecule has 0 saturated heterocycles. The van der Waals surface area contributed by atoms with Gasteiger partial charge in [-0.2, -0.15) is 0 Å². The summed E-state index contributed by atoms with van der Waals surface area (Å²) < 4.78 is 5.23. The highest BCUT2D eigenvalue weighted by molar-refractivity contribution is 5.74. The molecule has 0 aromatic carbocycles. The molecular weight excluding hydrogens is 296 g/mol. The Bertz CT molecular complexity index is 389. The number of carbonyl (C=O) groups is 1. The maximum absolute atomic E-state index is 11.3. The average Bonchev–Trinajstić information content (AvgIpc) is 3.42. The number of allylic oxidation sites excluding steroid dienone is 6. The molecule has 0 aromatic heterocycles. The monoisotopic (exact) mass is 332 g/mol. The summed E-state index contributed by atoms with van der Waals surface area (Å²) in [5.74, 6) is 0.275. The molecule has 1 aliphatic carbocycles. The lowest BCUT2D eigenvalue weighted by atomic mass is 10.1. The van der Waals surface area contributed by atoms with E-state index in [1.54, 1.807) is 0 Å². The highest BCUT2D eigenvalue weighted by Crippen LogP contribution is 2.30. The Morgan fingerprint density at radius 1 is 0.833 bits per heavy atom. The fourth-order valence-corrected chi connectivity index (χ4v) is 2.48. The lowest BCUT2D eigenvalue weighted by Crippen LogP contribution is -2.07. The van der Waals surface area contributed by atoms with Crippen molar-refractivity contribution in [1.29, 1.82) is 0 Å². The van der Waals surface area contributed by atoms with Crippen LogP contribution in [0.25, 0.3) is 0 Å². The first kappa shape index (κ1) is 20.7. The first-order valence-electron chi connectivity index (χ1n) is 9.99. The van der Waals surface area contributed by atoms with Crippen LogP contribution in [-0.4, -0.2) is 12.6 Å². The van der Waals surface area contributed by atoms with Crippen molar-refractivity contribution in [2.24, 2.45) is 5.92 Å². The predicted molar refractivity (Wildman–Crippen MR) is 103 cm³/mol. The third kappa shape index (κ3) is 13.2. The van der Waals surface area contributed by atoms with E-state index in [-0.39, 0.29) is 11.9 Å². The van der Waals surface area contributed by atoms with Gasteiger partial charge in [-0.3, -0.25) is 4.79 Å². The summed E-state index contributed by atoms with van der Waals surface area (Å²) in [6.45, 7) is 2.84. The van der Waals surface area contributed by atoms with Gasteiger partial charge in [0.1, 0.15) is 0 Å². The van der Waals surface area contributed by atoms with Crippen LogP contribution in [-0.2, 0) is 9.53 Å². The number of carbonyl (C=O) groups excluding carboxylic acids is 1. The SMILES string of the molecule is CCCCC=CC=CC=CCCCCCCCCOC(=O)C1CC1. The third-order valence-corrected chi connectivity index (χ3v) is 4.25. The number of hydrogen-bond donors (Lipinski definition) is 0. The lowest BCUT2D eigenvalue weighted by molar-refractivity contribution is -0.145. The Hall–Kier alpha value is -1.31. The molecule has 1 aliphatic rings. The first-order valence-corrected chi connectivity index (χ1v) is 9.99. The molecule has 1 fully saturated rings. The minimum atomic E-state index is 0.0345. The minimum absolute atomic E-state index is 0.0345. The van der Waals surface area contributed by atoms with Crippen molar-refractivity contribution >= 4 is 5.97 Å². The number of rotatable bonds is 15. The molecule has 0 bridgehead atoms. The van der Waals surface area contributed by atoms with Gasteiger partial charge in [-0.25, -0.2) is 0 Å². The van der Waals surface area contributed by atoms with Crippen LogP contribution in [0, 0.1) is 5.92 Å². The molecule has 0 aliphatic heterocycles. The van der Waals surface area contributed by atoms with Gasteiger partial charge < -0.3 is 4.74 Å². The van der Waals surface area contributed by atoms with E-state index in [9.17, 15) is 4.79 Å². The van der Waals surface area contributed by atoms with Gasteiger partial charge in [-0.15, -0.1) is 0 Å². The molecule has 0 aromatic rings. The van der Waals surface area contributed by atoms with Crippen LogP contribution in [0.3, 0.4) is 0 Å². The maximum Gasteiger partial charge on any atom is 0.308 e. The highest BCUT2D eigenvalue weighted by atomic mass is 16.5. The van der Waals surface area contributed by atoms with Gasteiger partial charge in [-0.05, 0) is 38.5 Å². The molecule has 0 unspecified atom stereocenters. The molecule has 2 heteroatoms. The molecule has 136 valence electrons. The number of unbranched alkanes of at least 4 members (excludes halogenated alkanes) is 8. The molecule has 1 saturated carbocycles. The fourth-order valence-electron chi connectivity index (χ4n) is 2.48. The standard InChI is InChI=1S/C22H36O2/c1-2-3-4-5-6-7-8-9-10-11-12-13-14-15-16-17-20-24-22(23)21-18-19-21/h5-10,21H,2-4,11-20H2,1H3. The van der Waals surface area contributed by atoms with E-state index in [0.29, 0.717) is 6.61 Å². The predicted octanol–water partition coefficient (Wildman–Crippen LogP) is 6.53. The Balaban J connectivity index is 1.78. The van der Waals surface area contributed by atoms with E-state index < -0.39 is 0 Å². The van der Waals surface area contributed by atoms with Crippen LogP contribution < -0.4 is 0 Å². The maximum atomic E-state index is 11.3. The van der Waals surface area contributed by atoms with E-state index in [1.165, 1.54) is 57.8 Å². The van der Waals surface area contributed by atoms with Crippen molar-refractivity contribution in [3.63, 3.8) is 0 Å².